The Balaban J connectivity index is 2.06. The van der Waals surface area contributed by atoms with Gasteiger partial charge >= 0.3 is 0 Å². The zero-order chi connectivity index (χ0) is 18.1. The number of hydrogen-bond acceptors (Lipinski definition) is 6. The van der Waals surface area contributed by atoms with E-state index in [1.165, 1.54) is 6.26 Å². The molecule has 25 heavy (non-hydrogen) atoms. The van der Waals surface area contributed by atoms with Crippen LogP contribution in [0.25, 0.3) is 0 Å². The van der Waals surface area contributed by atoms with E-state index in [1.54, 1.807) is 0 Å². The molecule has 2 saturated heterocycles. The molecule has 2 fully saturated rings. The van der Waals surface area contributed by atoms with Crippen molar-refractivity contribution in [1.29, 1.82) is 0 Å². The summed E-state index contributed by atoms with van der Waals surface area (Å²) < 4.78 is 36.2. The number of pyridine rings is 1. The lowest BCUT2D eigenvalue weighted by atomic mass is 9.91. The summed E-state index contributed by atoms with van der Waals surface area (Å²) in [6, 6.07) is 4.05. The lowest BCUT2D eigenvalue weighted by Crippen LogP contribution is -2.46. The molecule has 0 saturated carbocycles. The molecular formula is C17H25BrN2O4S. The molecule has 1 aromatic heterocycles. The van der Waals surface area contributed by atoms with Crippen LogP contribution in [0.4, 0.5) is 5.82 Å². The molecule has 2 aliphatic heterocycles. The van der Waals surface area contributed by atoms with Crippen LogP contribution < -0.4 is 4.90 Å². The smallest absolute Gasteiger partial charge is 0.157 e. The first-order valence-corrected chi connectivity index (χ1v) is 11.4. The van der Waals surface area contributed by atoms with Crippen molar-refractivity contribution in [1.82, 2.24) is 4.98 Å². The average Bonchev–Trinajstić information content (AvgIpc) is 2.61. The summed E-state index contributed by atoms with van der Waals surface area (Å²) >= 11 is 3.48. The Hall–Kier alpha value is -0.700. The normalized spacial score (nSPS) is 24.3. The molecule has 0 amide bonds. The minimum absolute atomic E-state index is 0.257. The number of hydrogen-bond donors (Lipinski definition) is 0. The monoisotopic (exact) mass is 432 g/mol. The van der Waals surface area contributed by atoms with Crippen molar-refractivity contribution in [2.24, 2.45) is 0 Å². The van der Waals surface area contributed by atoms with Crippen molar-refractivity contribution in [2.75, 3.05) is 44.1 Å². The standard InChI is InChI=1S/C17H25BrN2O4S/c1-3-14-12-24-9-6-20(14)16-11-13(10-15(18)19-16)17(25(2,21)22)4-7-23-8-5-17/h10-11,14H,3-9,12H2,1-2H3/t14-/m0/s1. The van der Waals surface area contributed by atoms with Gasteiger partial charge in [0, 0.05) is 26.0 Å². The average molecular weight is 433 g/mol. The summed E-state index contributed by atoms with van der Waals surface area (Å²) in [7, 11) is -3.30. The Morgan fingerprint density at radius 1 is 1.28 bits per heavy atom. The Kier molecular flexibility index (Phi) is 5.72. The van der Waals surface area contributed by atoms with Gasteiger partial charge in [-0.25, -0.2) is 13.4 Å². The Morgan fingerprint density at radius 3 is 2.64 bits per heavy atom. The third-order valence-corrected chi connectivity index (χ3v) is 7.78. The first-order valence-electron chi connectivity index (χ1n) is 8.67. The third-order valence-electron chi connectivity index (χ3n) is 5.31. The van der Waals surface area contributed by atoms with E-state index in [4.69, 9.17) is 9.47 Å². The molecule has 3 heterocycles. The van der Waals surface area contributed by atoms with Crippen LogP contribution in [0.1, 0.15) is 31.7 Å². The fourth-order valence-corrected chi connectivity index (χ4v) is 5.65. The van der Waals surface area contributed by atoms with E-state index in [2.05, 4.69) is 32.7 Å². The minimum atomic E-state index is -3.30. The van der Waals surface area contributed by atoms with Crippen LogP contribution in [0, 0.1) is 0 Å². The van der Waals surface area contributed by atoms with Crippen LogP contribution >= 0.6 is 15.9 Å². The Bertz CT molecular complexity index is 719. The van der Waals surface area contributed by atoms with Crippen LogP contribution in [0.3, 0.4) is 0 Å². The van der Waals surface area contributed by atoms with E-state index in [0.717, 1.165) is 24.3 Å². The Morgan fingerprint density at radius 2 is 2.00 bits per heavy atom. The number of ether oxygens (including phenoxy) is 2. The van der Waals surface area contributed by atoms with Crippen molar-refractivity contribution in [3.05, 3.63) is 22.3 Å². The maximum atomic E-state index is 12.7. The molecule has 0 N–H and O–H groups in total. The van der Waals surface area contributed by atoms with Gasteiger partial charge in [-0.05, 0) is 52.9 Å². The molecule has 0 aliphatic carbocycles. The first kappa shape index (κ1) is 19.1. The van der Waals surface area contributed by atoms with Crippen LogP contribution in [-0.2, 0) is 24.1 Å². The van der Waals surface area contributed by atoms with Gasteiger partial charge in [-0.3, -0.25) is 0 Å². The second-order valence-electron chi connectivity index (χ2n) is 6.75. The van der Waals surface area contributed by atoms with E-state index in [-0.39, 0.29) is 6.04 Å². The lowest BCUT2D eigenvalue weighted by Gasteiger charge is -2.39. The highest BCUT2D eigenvalue weighted by atomic mass is 79.9. The van der Waals surface area contributed by atoms with E-state index in [1.807, 2.05) is 12.1 Å². The maximum absolute atomic E-state index is 12.7. The Labute approximate surface area is 157 Å². The van der Waals surface area contributed by atoms with E-state index in [0.29, 0.717) is 43.9 Å². The topological polar surface area (TPSA) is 68.7 Å². The predicted molar refractivity (Wildman–Crippen MR) is 101 cm³/mol. The number of aromatic nitrogens is 1. The van der Waals surface area contributed by atoms with Crippen molar-refractivity contribution in [2.45, 2.75) is 37.0 Å². The highest BCUT2D eigenvalue weighted by Crippen LogP contribution is 2.41. The zero-order valence-corrected chi connectivity index (χ0v) is 17.1. The summed E-state index contributed by atoms with van der Waals surface area (Å²) in [5, 5.41) is 0. The highest BCUT2D eigenvalue weighted by Gasteiger charge is 2.44. The number of halogens is 1. The van der Waals surface area contributed by atoms with Crippen molar-refractivity contribution in [3.8, 4) is 0 Å². The molecular weight excluding hydrogens is 408 g/mol. The molecule has 1 atom stereocenters. The molecule has 8 heteroatoms. The van der Waals surface area contributed by atoms with Gasteiger partial charge in [0.1, 0.15) is 15.2 Å². The largest absolute Gasteiger partial charge is 0.381 e. The fraction of sp³-hybridized carbons (Fsp3) is 0.706. The first-order chi connectivity index (χ1) is 11.9. The molecule has 140 valence electrons. The summed E-state index contributed by atoms with van der Waals surface area (Å²) in [6.07, 6.45) is 3.23. The second kappa shape index (κ2) is 7.50. The number of nitrogens with zero attached hydrogens (tertiary/aromatic N) is 2. The number of anilines is 1. The zero-order valence-electron chi connectivity index (χ0n) is 14.7. The molecule has 0 bridgehead atoms. The van der Waals surface area contributed by atoms with Crippen molar-refractivity contribution in [3.63, 3.8) is 0 Å². The van der Waals surface area contributed by atoms with E-state index < -0.39 is 14.6 Å². The summed E-state index contributed by atoms with van der Waals surface area (Å²) in [6.45, 7) is 5.13. The number of morpholine rings is 1. The van der Waals surface area contributed by atoms with E-state index >= 15 is 0 Å². The molecule has 0 unspecified atom stereocenters. The van der Waals surface area contributed by atoms with Crippen LogP contribution in [-0.4, -0.2) is 58.7 Å². The van der Waals surface area contributed by atoms with Gasteiger partial charge in [0.05, 0.1) is 19.3 Å². The minimum Gasteiger partial charge on any atom is -0.381 e. The van der Waals surface area contributed by atoms with Crippen LogP contribution in [0.5, 0.6) is 0 Å². The van der Waals surface area contributed by atoms with Gasteiger partial charge in [-0.2, -0.15) is 0 Å². The number of sulfone groups is 1. The summed E-state index contributed by atoms with van der Waals surface area (Å²) in [4.78, 5) is 6.85. The molecule has 1 aromatic rings. The van der Waals surface area contributed by atoms with Crippen molar-refractivity contribution >= 4 is 31.6 Å². The molecule has 6 nitrogen and oxygen atoms in total. The van der Waals surface area contributed by atoms with Gasteiger partial charge in [-0.15, -0.1) is 0 Å². The van der Waals surface area contributed by atoms with Gasteiger partial charge in [0.15, 0.2) is 9.84 Å². The summed E-state index contributed by atoms with van der Waals surface area (Å²) in [5.74, 6) is 0.814. The van der Waals surface area contributed by atoms with Crippen LogP contribution in [0.2, 0.25) is 0 Å². The quantitative estimate of drug-likeness (QED) is 0.680. The molecule has 2 aliphatic rings. The molecule has 0 radical (unpaired) electrons. The molecule has 3 rings (SSSR count). The SMILES string of the molecule is CC[C@H]1COCCN1c1cc(C2(S(C)(=O)=O)CCOCC2)cc(Br)n1. The van der Waals surface area contributed by atoms with Crippen LogP contribution in [0.15, 0.2) is 16.7 Å². The lowest BCUT2D eigenvalue weighted by molar-refractivity contribution is 0.0741. The van der Waals surface area contributed by atoms with E-state index in [9.17, 15) is 8.42 Å². The van der Waals surface area contributed by atoms with Gasteiger partial charge < -0.3 is 14.4 Å². The van der Waals surface area contributed by atoms with Gasteiger partial charge in [0.2, 0.25) is 0 Å². The summed E-state index contributed by atoms with van der Waals surface area (Å²) in [5.41, 5.74) is 0.802. The third kappa shape index (κ3) is 3.72. The van der Waals surface area contributed by atoms with Gasteiger partial charge in [-0.1, -0.05) is 6.92 Å². The molecule has 0 spiro atoms. The molecule has 0 aromatic carbocycles. The fourth-order valence-electron chi connectivity index (χ4n) is 3.76. The second-order valence-corrected chi connectivity index (χ2v) is 9.88. The van der Waals surface area contributed by atoms with Crippen molar-refractivity contribution < 1.29 is 17.9 Å². The highest BCUT2D eigenvalue weighted by molar-refractivity contribution is 9.10. The number of rotatable bonds is 4. The predicted octanol–water partition coefficient (Wildman–Crippen LogP) is 2.51. The maximum Gasteiger partial charge on any atom is 0.157 e. The van der Waals surface area contributed by atoms with Gasteiger partial charge in [0.25, 0.3) is 0 Å².